The van der Waals surface area contributed by atoms with Gasteiger partial charge in [-0.2, -0.15) is 31.3 Å². The van der Waals surface area contributed by atoms with Crippen molar-refractivity contribution in [1.29, 1.82) is 0 Å². The molecule has 0 saturated heterocycles. The molecule has 0 spiro atoms. The molecule has 0 radical (unpaired) electrons. The van der Waals surface area contributed by atoms with Gasteiger partial charge < -0.3 is 18.8 Å². The number of aromatic nitrogens is 4. The Morgan fingerprint density at radius 2 is 1.77 bits per heavy atom. The van der Waals surface area contributed by atoms with Gasteiger partial charge in [0.1, 0.15) is 18.1 Å². The first kappa shape index (κ1) is 25.5. The van der Waals surface area contributed by atoms with Gasteiger partial charge in [-0.1, -0.05) is 28.4 Å². The predicted octanol–water partition coefficient (Wildman–Crippen LogP) is 6.44. The van der Waals surface area contributed by atoms with E-state index in [1.54, 1.807) is 0 Å². The van der Waals surface area contributed by atoms with Crippen molar-refractivity contribution in [2.24, 2.45) is 0 Å². The normalized spacial score (nSPS) is 13.4. The molecule has 186 valence electrons. The highest BCUT2D eigenvalue weighted by atomic mass is 79.9. The number of hydrogen-bond acceptors (Lipinski definition) is 6. The second kappa shape index (κ2) is 9.15. The summed E-state index contributed by atoms with van der Waals surface area (Å²) >= 11 is 15.3. The highest BCUT2D eigenvalue weighted by Gasteiger charge is 2.39. The molecule has 7 nitrogen and oxygen atoms in total. The van der Waals surface area contributed by atoms with E-state index < -0.39 is 30.6 Å². The molecule has 4 rings (SSSR count). The van der Waals surface area contributed by atoms with E-state index in [9.17, 15) is 26.3 Å². The molecule has 0 amide bonds. The Kier molecular flexibility index (Phi) is 6.68. The number of imidazole rings is 1. The maximum atomic E-state index is 13.1. The van der Waals surface area contributed by atoms with Crippen molar-refractivity contribution in [3.8, 4) is 28.7 Å². The lowest BCUT2D eigenvalue weighted by Crippen LogP contribution is -2.34. The Morgan fingerprint density at radius 1 is 1.06 bits per heavy atom. The minimum Gasteiger partial charge on any atom is -0.489 e. The summed E-state index contributed by atoms with van der Waals surface area (Å²) < 4.78 is 87.8. The monoisotopic (exact) mass is 604 g/mol. The Hall–Kier alpha value is -2.55. The zero-order chi connectivity index (χ0) is 25.7. The fourth-order valence-electron chi connectivity index (χ4n) is 2.83. The highest BCUT2D eigenvalue weighted by molar-refractivity contribution is 9.10. The van der Waals surface area contributed by atoms with E-state index in [1.807, 2.05) is 0 Å². The number of fused-ring (bicyclic) bond motifs is 1. The summed E-state index contributed by atoms with van der Waals surface area (Å²) in [5.41, 5.74) is -0.554. The molecular weight excluding hydrogens is 597 g/mol. The molecule has 0 bridgehead atoms. The quantitative estimate of drug-likeness (QED) is 0.264. The number of benzene rings is 1. The van der Waals surface area contributed by atoms with Gasteiger partial charge in [0.2, 0.25) is 5.82 Å². The topological polar surface area (TPSA) is 85.7 Å². The van der Waals surface area contributed by atoms with E-state index in [2.05, 4.69) is 31.1 Å². The van der Waals surface area contributed by atoms with Gasteiger partial charge in [-0.15, -0.1) is 0 Å². The molecule has 35 heavy (non-hydrogen) atoms. The molecule has 1 unspecified atom stereocenters. The molecule has 0 fully saturated rings. The highest BCUT2D eigenvalue weighted by Crippen LogP contribution is 2.37. The lowest BCUT2D eigenvalue weighted by atomic mass is 10.2. The maximum Gasteiger partial charge on any atom is 0.417 e. The molecule has 3 heterocycles. The van der Waals surface area contributed by atoms with Gasteiger partial charge >= 0.3 is 12.4 Å². The van der Waals surface area contributed by atoms with Crippen molar-refractivity contribution in [1.82, 2.24) is 19.5 Å². The van der Waals surface area contributed by atoms with E-state index in [0.29, 0.717) is 0 Å². The van der Waals surface area contributed by atoms with Crippen LogP contribution in [-0.2, 0) is 6.18 Å². The number of hydrogen-bond donors (Lipinski definition) is 1. The largest absolute Gasteiger partial charge is 0.489 e. The number of rotatable bonds is 5. The van der Waals surface area contributed by atoms with Gasteiger partial charge in [0, 0.05) is 24.0 Å². The van der Waals surface area contributed by atoms with Crippen molar-refractivity contribution in [2.45, 2.75) is 18.5 Å². The van der Waals surface area contributed by atoms with Gasteiger partial charge in [-0.05, 0) is 28.1 Å². The minimum absolute atomic E-state index is 0.0621. The van der Waals surface area contributed by atoms with Crippen molar-refractivity contribution in [2.75, 3.05) is 6.61 Å². The van der Waals surface area contributed by atoms with Gasteiger partial charge in [-0.3, -0.25) is 0 Å². The lowest BCUT2D eigenvalue weighted by Gasteiger charge is -2.16. The van der Waals surface area contributed by atoms with Crippen molar-refractivity contribution < 1.29 is 40.7 Å². The van der Waals surface area contributed by atoms with Crippen molar-refractivity contribution in [3.63, 3.8) is 0 Å². The maximum absolute atomic E-state index is 13.1. The van der Waals surface area contributed by atoms with Crippen LogP contribution in [0.1, 0.15) is 5.56 Å². The van der Waals surface area contributed by atoms with E-state index >= 15 is 0 Å². The van der Waals surface area contributed by atoms with Crippen LogP contribution in [0.2, 0.25) is 10.0 Å². The van der Waals surface area contributed by atoms with Crippen LogP contribution in [0.25, 0.3) is 28.6 Å². The average Bonchev–Trinajstić information content (AvgIpc) is 3.39. The van der Waals surface area contributed by atoms with Crippen LogP contribution < -0.4 is 4.74 Å². The van der Waals surface area contributed by atoms with Crippen LogP contribution in [0.3, 0.4) is 0 Å². The summed E-state index contributed by atoms with van der Waals surface area (Å²) in [4.78, 5) is 8.31. The fourth-order valence-corrected chi connectivity index (χ4v) is 3.82. The smallest absolute Gasteiger partial charge is 0.417 e. The molecule has 1 N–H and O–H groups in total. The number of aliphatic hydroxyl groups is 1. The predicted molar refractivity (Wildman–Crippen MR) is 114 cm³/mol. The number of aliphatic hydroxyl groups excluding tert-OH is 1. The molecular formula is C19H9BrCl2F6N4O3. The first-order valence-corrected chi connectivity index (χ1v) is 10.8. The molecule has 0 aliphatic rings. The van der Waals surface area contributed by atoms with Crippen molar-refractivity contribution >= 4 is 44.8 Å². The summed E-state index contributed by atoms with van der Waals surface area (Å²) in [6, 6.07) is 3.20. The second-order valence-corrected chi connectivity index (χ2v) is 8.65. The number of nitrogens with zero attached hydrogens (tertiary/aromatic N) is 4. The SMILES string of the molecule is OC(COc1cc(Cl)c(-c2noc(-c3cn4cc(C(F)(F)F)cc(Br)c4n3)n2)cc1Cl)C(F)(F)F. The third kappa shape index (κ3) is 5.34. The van der Waals surface area contributed by atoms with E-state index in [4.69, 9.17) is 37.6 Å². The Labute approximate surface area is 209 Å². The summed E-state index contributed by atoms with van der Waals surface area (Å²) in [5, 5.41) is 12.6. The minimum atomic E-state index is -4.88. The third-order valence-corrected chi connectivity index (χ3v) is 5.71. The molecule has 3 aromatic heterocycles. The van der Waals surface area contributed by atoms with E-state index in [1.165, 1.54) is 12.3 Å². The Bertz CT molecular complexity index is 1410. The lowest BCUT2D eigenvalue weighted by molar-refractivity contribution is -0.210. The average molecular weight is 606 g/mol. The molecule has 0 aliphatic carbocycles. The first-order chi connectivity index (χ1) is 16.2. The van der Waals surface area contributed by atoms with Crippen LogP contribution >= 0.6 is 39.1 Å². The van der Waals surface area contributed by atoms with Crippen LogP contribution in [0.15, 0.2) is 39.6 Å². The number of halogens is 9. The molecule has 0 aliphatic heterocycles. The molecule has 0 saturated carbocycles. The van der Waals surface area contributed by atoms with E-state index in [0.717, 1.165) is 22.7 Å². The fraction of sp³-hybridized carbons (Fsp3) is 0.211. The number of ether oxygens (including phenoxy) is 1. The van der Waals surface area contributed by atoms with Gasteiger partial charge in [0.15, 0.2) is 11.8 Å². The first-order valence-electron chi connectivity index (χ1n) is 9.20. The van der Waals surface area contributed by atoms with Crippen LogP contribution in [-0.4, -0.2) is 43.5 Å². The molecule has 1 aromatic carbocycles. The molecule has 1 atom stereocenters. The third-order valence-electron chi connectivity index (χ3n) is 4.52. The zero-order valence-corrected chi connectivity index (χ0v) is 19.7. The van der Waals surface area contributed by atoms with Crippen LogP contribution in [0, 0.1) is 0 Å². The number of alkyl halides is 6. The summed E-state index contributed by atoms with van der Waals surface area (Å²) in [6.07, 6.45) is -10.1. The van der Waals surface area contributed by atoms with Gasteiger partial charge in [-0.25, -0.2) is 4.98 Å². The molecule has 16 heteroatoms. The standard InChI is InChI=1S/C19H9BrCl2F6N4O3/c20-9-1-7(18(23,24)25)4-32-5-12(29-16(9)32)17-30-15(31-35-17)8-2-11(22)13(3-10(8)21)34-6-14(33)19(26,27)28/h1-5,14,33H,6H2. The van der Waals surface area contributed by atoms with Crippen LogP contribution in [0.5, 0.6) is 5.75 Å². The Morgan fingerprint density at radius 3 is 2.43 bits per heavy atom. The van der Waals surface area contributed by atoms with Gasteiger partial charge in [0.05, 0.1) is 20.1 Å². The van der Waals surface area contributed by atoms with Gasteiger partial charge in [0.25, 0.3) is 5.89 Å². The zero-order valence-electron chi connectivity index (χ0n) is 16.6. The summed E-state index contributed by atoms with van der Waals surface area (Å²) in [7, 11) is 0. The number of pyridine rings is 1. The molecule has 4 aromatic rings. The summed E-state index contributed by atoms with van der Waals surface area (Å²) in [6.45, 7) is -1.11. The van der Waals surface area contributed by atoms with E-state index in [-0.39, 0.29) is 48.9 Å². The second-order valence-electron chi connectivity index (χ2n) is 6.99. The Balaban J connectivity index is 1.62. The summed E-state index contributed by atoms with van der Waals surface area (Å²) in [5.74, 6) is -0.455. The van der Waals surface area contributed by atoms with Crippen molar-refractivity contribution in [3.05, 3.63) is 50.7 Å². The van der Waals surface area contributed by atoms with Crippen LogP contribution in [0.4, 0.5) is 26.3 Å².